The summed E-state index contributed by atoms with van der Waals surface area (Å²) < 4.78 is 0. The fourth-order valence-corrected chi connectivity index (χ4v) is 2.71. The molecule has 1 unspecified atom stereocenters. The van der Waals surface area contributed by atoms with Gasteiger partial charge in [0.2, 0.25) is 0 Å². The highest BCUT2D eigenvalue weighted by Crippen LogP contribution is 2.40. The van der Waals surface area contributed by atoms with Crippen LogP contribution in [0.4, 0.5) is 0 Å². The summed E-state index contributed by atoms with van der Waals surface area (Å²) in [4.78, 5) is 17.2. The number of aromatic nitrogens is 1. The maximum Gasteiger partial charge on any atom is 0.252 e. The van der Waals surface area contributed by atoms with E-state index >= 15 is 0 Å². The summed E-state index contributed by atoms with van der Waals surface area (Å²) in [5, 5.41) is 13.5. The van der Waals surface area contributed by atoms with Gasteiger partial charge in [-0.1, -0.05) is 31.5 Å². The van der Waals surface area contributed by atoms with E-state index in [9.17, 15) is 9.90 Å². The second-order valence-electron chi connectivity index (χ2n) is 6.04. The van der Waals surface area contributed by atoms with Crippen LogP contribution in [0.15, 0.2) is 30.3 Å². The highest BCUT2D eigenvalue weighted by Gasteiger charge is 2.26. The molecule has 2 N–H and O–H groups in total. The van der Waals surface area contributed by atoms with Crippen LogP contribution in [0.3, 0.4) is 0 Å². The van der Waals surface area contributed by atoms with E-state index in [0.717, 1.165) is 35.9 Å². The Kier molecular flexibility index (Phi) is 4.39. The lowest BCUT2D eigenvalue weighted by Crippen LogP contribution is -2.32. The van der Waals surface area contributed by atoms with Gasteiger partial charge >= 0.3 is 0 Å². The molecule has 3 rings (SSSR count). The van der Waals surface area contributed by atoms with Crippen molar-refractivity contribution < 1.29 is 9.90 Å². The number of para-hydroxylation sites is 1. The molecule has 2 aromatic rings. The Balaban J connectivity index is 1.86. The normalized spacial score (nSPS) is 15.7. The fourth-order valence-electron chi connectivity index (χ4n) is 2.71. The zero-order valence-electron chi connectivity index (χ0n) is 12.9. The van der Waals surface area contributed by atoms with Crippen molar-refractivity contribution in [2.75, 3.05) is 6.54 Å². The van der Waals surface area contributed by atoms with Crippen molar-refractivity contribution in [3.8, 4) is 0 Å². The average molecular weight is 298 g/mol. The van der Waals surface area contributed by atoms with Crippen LogP contribution in [0.25, 0.3) is 10.9 Å². The van der Waals surface area contributed by atoms with Crippen molar-refractivity contribution >= 4 is 16.8 Å². The van der Waals surface area contributed by atoms with Crippen molar-refractivity contribution in [2.24, 2.45) is 0 Å². The first kappa shape index (κ1) is 15.0. The SMILES string of the molecule is CCCC(O)CNC(=O)c1cc(C2CC2)nc2ccccc12. The second kappa shape index (κ2) is 6.44. The summed E-state index contributed by atoms with van der Waals surface area (Å²) in [6.07, 6.45) is 3.43. The van der Waals surface area contributed by atoms with Crippen molar-refractivity contribution in [1.29, 1.82) is 0 Å². The molecule has 1 aliphatic carbocycles. The molecule has 0 aliphatic heterocycles. The maximum atomic E-state index is 12.5. The number of fused-ring (bicyclic) bond motifs is 1. The van der Waals surface area contributed by atoms with E-state index in [1.165, 1.54) is 0 Å². The molecule has 4 heteroatoms. The molecule has 1 saturated carbocycles. The fraction of sp³-hybridized carbons (Fsp3) is 0.444. The third-order valence-corrected chi connectivity index (χ3v) is 4.10. The Morgan fingerprint density at radius 2 is 2.18 bits per heavy atom. The summed E-state index contributed by atoms with van der Waals surface area (Å²) in [6, 6.07) is 9.66. The summed E-state index contributed by atoms with van der Waals surface area (Å²) >= 11 is 0. The predicted octanol–water partition coefficient (Wildman–Crippen LogP) is 3.00. The van der Waals surface area contributed by atoms with Gasteiger partial charge in [0.05, 0.1) is 17.2 Å². The molecule has 1 aromatic heterocycles. The molecule has 116 valence electrons. The lowest BCUT2D eigenvalue weighted by molar-refractivity contribution is 0.0911. The monoisotopic (exact) mass is 298 g/mol. The summed E-state index contributed by atoms with van der Waals surface area (Å²) in [5.41, 5.74) is 2.54. The number of amides is 1. The number of carbonyl (C=O) groups is 1. The zero-order valence-corrected chi connectivity index (χ0v) is 12.9. The average Bonchev–Trinajstić information content (AvgIpc) is 3.36. The van der Waals surface area contributed by atoms with Crippen LogP contribution >= 0.6 is 0 Å². The van der Waals surface area contributed by atoms with E-state index < -0.39 is 6.10 Å². The molecule has 4 nitrogen and oxygen atoms in total. The Hall–Kier alpha value is -1.94. The van der Waals surface area contributed by atoms with Crippen LogP contribution in [0.2, 0.25) is 0 Å². The van der Waals surface area contributed by atoms with Crippen LogP contribution in [0, 0.1) is 0 Å². The first-order valence-corrected chi connectivity index (χ1v) is 8.05. The molecule has 0 spiro atoms. The minimum absolute atomic E-state index is 0.129. The molecule has 1 fully saturated rings. The lowest BCUT2D eigenvalue weighted by atomic mass is 10.1. The number of hydrogen-bond acceptors (Lipinski definition) is 3. The van der Waals surface area contributed by atoms with Gasteiger partial charge in [0.25, 0.3) is 5.91 Å². The van der Waals surface area contributed by atoms with Gasteiger partial charge in [0.1, 0.15) is 0 Å². The maximum absolute atomic E-state index is 12.5. The van der Waals surface area contributed by atoms with E-state index in [2.05, 4.69) is 10.3 Å². The number of nitrogens with zero attached hydrogens (tertiary/aromatic N) is 1. The molecule has 1 amide bonds. The number of pyridine rings is 1. The van der Waals surface area contributed by atoms with E-state index in [4.69, 9.17) is 0 Å². The molecular formula is C18H22N2O2. The highest BCUT2D eigenvalue weighted by molar-refractivity contribution is 6.06. The number of nitrogens with one attached hydrogen (secondary N) is 1. The Morgan fingerprint density at radius 1 is 1.41 bits per heavy atom. The van der Waals surface area contributed by atoms with Gasteiger partial charge in [-0.25, -0.2) is 0 Å². The molecule has 0 saturated heterocycles. The van der Waals surface area contributed by atoms with Crippen molar-refractivity contribution in [3.05, 3.63) is 41.6 Å². The minimum atomic E-state index is -0.482. The summed E-state index contributed by atoms with van der Waals surface area (Å²) in [7, 11) is 0. The number of carbonyl (C=O) groups excluding carboxylic acids is 1. The number of rotatable bonds is 6. The van der Waals surface area contributed by atoms with Gasteiger partial charge in [-0.15, -0.1) is 0 Å². The molecular weight excluding hydrogens is 276 g/mol. The molecule has 1 aromatic carbocycles. The van der Waals surface area contributed by atoms with Crippen LogP contribution in [-0.2, 0) is 0 Å². The second-order valence-corrected chi connectivity index (χ2v) is 6.04. The number of aliphatic hydroxyl groups is 1. The van der Waals surface area contributed by atoms with Crippen LogP contribution in [0.5, 0.6) is 0 Å². The van der Waals surface area contributed by atoms with Crippen molar-refractivity contribution in [1.82, 2.24) is 10.3 Å². The van der Waals surface area contributed by atoms with E-state index in [-0.39, 0.29) is 5.91 Å². The topological polar surface area (TPSA) is 62.2 Å². The first-order valence-electron chi connectivity index (χ1n) is 8.05. The largest absolute Gasteiger partial charge is 0.391 e. The van der Waals surface area contributed by atoms with E-state index in [1.807, 2.05) is 37.3 Å². The third-order valence-electron chi connectivity index (χ3n) is 4.10. The van der Waals surface area contributed by atoms with Gasteiger partial charge in [0, 0.05) is 23.5 Å². The molecule has 0 radical (unpaired) electrons. The van der Waals surface area contributed by atoms with E-state index in [0.29, 0.717) is 24.4 Å². The first-order chi connectivity index (χ1) is 10.7. The quantitative estimate of drug-likeness (QED) is 0.861. The Bertz CT molecular complexity index is 680. The predicted molar refractivity (Wildman–Crippen MR) is 87.0 cm³/mol. The van der Waals surface area contributed by atoms with Crippen molar-refractivity contribution in [3.63, 3.8) is 0 Å². The number of benzene rings is 1. The smallest absolute Gasteiger partial charge is 0.252 e. The molecule has 1 aliphatic rings. The number of hydrogen-bond donors (Lipinski definition) is 2. The van der Waals surface area contributed by atoms with Gasteiger partial charge < -0.3 is 10.4 Å². The lowest BCUT2D eigenvalue weighted by Gasteiger charge is -2.13. The van der Waals surface area contributed by atoms with Gasteiger partial charge in [0.15, 0.2) is 0 Å². The molecule has 1 heterocycles. The summed E-state index contributed by atoms with van der Waals surface area (Å²) in [6.45, 7) is 2.31. The van der Waals surface area contributed by atoms with E-state index in [1.54, 1.807) is 0 Å². The van der Waals surface area contributed by atoms with Crippen LogP contribution in [0.1, 0.15) is 54.6 Å². The third kappa shape index (κ3) is 3.28. The highest BCUT2D eigenvalue weighted by atomic mass is 16.3. The Labute approximate surface area is 130 Å². The van der Waals surface area contributed by atoms with Gasteiger partial charge in [-0.3, -0.25) is 9.78 Å². The van der Waals surface area contributed by atoms with Crippen LogP contribution in [-0.4, -0.2) is 28.6 Å². The summed E-state index contributed by atoms with van der Waals surface area (Å²) in [5.74, 6) is 0.373. The zero-order chi connectivity index (χ0) is 15.5. The molecule has 0 bridgehead atoms. The van der Waals surface area contributed by atoms with Gasteiger partial charge in [-0.05, 0) is 31.4 Å². The van der Waals surface area contributed by atoms with Crippen LogP contribution < -0.4 is 5.32 Å². The van der Waals surface area contributed by atoms with Crippen molar-refractivity contribution in [2.45, 2.75) is 44.6 Å². The minimum Gasteiger partial charge on any atom is -0.391 e. The van der Waals surface area contributed by atoms with Gasteiger partial charge in [-0.2, -0.15) is 0 Å². The molecule has 1 atom stereocenters. The molecule has 22 heavy (non-hydrogen) atoms. The number of aliphatic hydroxyl groups excluding tert-OH is 1. The Morgan fingerprint density at radius 3 is 2.91 bits per heavy atom. The standard InChI is InChI=1S/C18H22N2O2/c1-2-5-13(21)11-19-18(22)15-10-17(12-8-9-12)20-16-7-4-3-6-14(15)16/h3-4,6-7,10,12-13,21H,2,5,8-9,11H2,1H3,(H,19,22).